The second-order valence-corrected chi connectivity index (χ2v) is 7.89. The van der Waals surface area contributed by atoms with Gasteiger partial charge in [0.25, 0.3) is 5.91 Å². The summed E-state index contributed by atoms with van der Waals surface area (Å²) in [6, 6.07) is 14.6. The summed E-state index contributed by atoms with van der Waals surface area (Å²) in [6.07, 6.45) is 1.61. The molecule has 1 amide bonds. The minimum Gasteiger partial charge on any atom is -0.452 e. The van der Waals surface area contributed by atoms with Crippen LogP contribution in [-0.2, 0) is 9.53 Å². The number of rotatable bonds is 6. The maximum absolute atomic E-state index is 12.9. The third kappa shape index (κ3) is 4.08. The van der Waals surface area contributed by atoms with Crippen LogP contribution in [0.4, 0.5) is 5.69 Å². The molecule has 0 spiro atoms. The van der Waals surface area contributed by atoms with E-state index in [0.29, 0.717) is 28.0 Å². The lowest BCUT2D eigenvalue weighted by Crippen LogP contribution is -2.21. The van der Waals surface area contributed by atoms with Crippen LogP contribution < -0.4 is 5.32 Å². The molecule has 3 heterocycles. The van der Waals surface area contributed by atoms with Gasteiger partial charge in [0.2, 0.25) is 0 Å². The van der Waals surface area contributed by atoms with Crippen molar-refractivity contribution < 1.29 is 14.3 Å². The SMILES string of the molecule is CC(C)n1ncc2c(C(=O)OCC(=O)Nc3ccccc3)cc(-c3cccs3)nc21. The summed E-state index contributed by atoms with van der Waals surface area (Å²) in [6.45, 7) is 3.61. The fourth-order valence-corrected chi connectivity index (χ4v) is 3.73. The van der Waals surface area contributed by atoms with Gasteiger partial charge in [-0.05, 0) is 43.5 Å². The first-order chi connectivity index (χ1) is 14.5. The molecular formula is C22H20N4O3S. The summed E-state index contributed by atoms with van der Waals surface area (Å²) in [5.41, 5.74) is 2.25. The molecule has 0 fully saturated rings. The van der Waals surface area contributed by atoms with Gasteiger partial charge in [-0.25, -0.2) is 14.5 Å². The standard InChI is InChI=1S/C22H20N4O3S/c1-14(2)26-21-17(12-23-26)16(11-18(25-21)19-9-6-10-30-19)22(28)29-13-20(27)24-15-7-4-3-5-8-15/h3-12,14H,13H2,1-2H3,(H,24,27). The molecule has 152 valence electrons. The number of nitrogens with zero attached hydrogens (tertiary/aromatic N) is 3. The van der Waals surface area contributed by atoms with E-state index in [1.54, 1.807) is 29.1 Å². The first kappa shape index (κ1) is 19.8. The molecule has 4 rings (SSSR count). The first-order valence-electron chi connectivity index (χ1n) is 9.47. The molecule has 3 aromatic heterocycles. The van der Waals surface area contributed by atoms with Gasteiger partial charge < -0.3 is 10.1 Å². The molecule has 7 nitrogen and oxygen atoms in total. The molecule has 30 heavy (non-hydrogen) atoms. The molecule has 0 unspecified atom stereocenters. The van der Waals surface area contributed by atoms with Crippen LogP contribution in [0, 0.1) is 0 Å². The van der Waals surface area contributed by atoms with Crippen LogP contribution in [0.1, 0.15) is 30.2 Å². The fraction of sp³-hybridized carbons (Fsp3) is 0.182. The fourth-order valence-electron chi connectivity index (χ4n) is 3.04. The topological polar surface area (TPSA) is 86.1 Å². The van der Waals surface area contributed by atoms with Crippen molar-refractivity contribution in [2.45, 2.75) is 19.9 Å². The Hall–Kier alpha value is -3.52. The highest BCUT2D eigenvalue weighted by Crippen LogP contribution is 2.29. The van der Waals surface area contributed by atoms with Crippen LogP contribution in [0.15, 0.2) is 60.1 Å². The van der Waals surface area contributed by atoms with Crippen LogP contribution in [0.25, 0.3) is 21.6 Å². The molecule has 1 N–H and O–H groups in total. The number of aromatic nitrogens is 3. The van der Waals surface area contributed by atoms with Gasteiger partial charge in [0.05, 0.1) is 27.7 Å². The number of thiophene rings is 1. The summed E-state index contributed by atoms with van der Waals surface area (Å²) < 4.78 is 7.07. The zero-order valence-electron chi connectivity index (χ0n) is 16.5. The molecule has 0 bridgehead atoms. The Balaban J connectivity index is 1.60. The first-order valence-corrected chi connectivity index (χ1v) is 10.3. The van der Waals surface area contributed by atoms with E-state index in [9.17, 15) is 9.59 Å². The molecule has 0 saturated carbocycles. The summed E-state index contributed by atoms with van der Waals surface area (Å²) in [7, 11) is 0. The molecule has 0 radical (unpaired) electrons. The number of benzene rings is 1. The summed E-state index contributed by atoms with van der Waals surface area (Å²) in [5.74, 6) is -0.997. The van der Waals surface area contributed by atoms with E-state index in [1.807, 2.05) is 49.6 Å². The van der Waals surface area contributed by atoms with Crippen LogP contribution in [0.2, 0.25) is 0 Å². The normalized spacial score (nSPS) is 11.0. The molecule has 0 atom stereocenters. The van der Waals surface area contributed by atoms with Gasteiger partial charge in [0.1, 0.15) is 0 Å². The minimum atomic E-state index is -0.591. The van der Waals surface area contributed by atoms with Gasteiger partial charge in [-0.15, -0.1) is 11.3 Å². The van der Waals surface area contributed by atoms with E-state index in [0.717, 1.165) is 4.88 Å². The summed E-state index contributed by atoms with van der Waals surface area (Å²) >= 11 is 1.53. The van der Waals surface area contributed by atoms with E-state index in [2.05, 4.69) is 10.4 Å². The van der Waals surface area contributed by atoms with Crippen LogP contribution >= 0.6 is 11.3 Å². The Bertz CT molecular complexity index is 1180. The van der Waals surface area contributed by atoms with Gasteiger partial charge in [-0.1, -0.05) is 24.3 Å². The number of ether oxygens (including phenoxy) is 1. The van der Waals surface area contributed by atoms with E-state index >= 15 is 0 Å². The Labute approximate surface area is 177 Å². The van der Waals surface area contributed by atoms with Crippen molar-refractivity contribution in [3.05, 3.63) is 65.7 Å². The summed E-state index contributed by atoms with van der Waals surface area (Å²) in [5, 5.41) is 9.62. The number of pyridine rings is 1. The van der Waals surface area contributed by atoms with E-state index in [4.69, 9.17) is 9.72 Å². The predicted octanol–water partition coefficient (Wildman–Crippen LogP) is 4.54. The minimum absolute atomic E-state index is 0.0779. The van der Waals surface area contributed by atoms with Crippen molar-refractivity contribution in [2.75, 3.05) is 11.9 Å². The number of hydrogen-bond acceptors (Lipinski definition) is 6. The summed E-state index contributed by atoms with van der Waals surface area (Å²) in [4.78, 5) is 30.6. The van der Waals surface area contributed by atoms with Gasteiger partial charge in [0, 0.05) is 11.7 Å². The number of nitrogens with one attached hydrogen (secondary N) is 1. The van der Waals surface area contributed by atoms with Crippen LogP contribution in [0.5, 0.6) is 0 Å². The van der Waals surface area contributed by atoms with Gasteiger partial charge in [-0.2, -0.15) is 5.10 Å². The van der Waals surface area contributed by atoms with Crippen LogP contribution in [-0.4, -0.2) is 33.2 Å². The zero-order chi connectivity index (χ0) is 21.1. The molecule has 0 aliphatic carbocycles. The number of anilines is 1. The third-order valence-electron chi connectivity index (χ3n) is 4.44. The number of fused-ring (bicyclic) bond motifs is 1. The van der Waals surface area contributed by atoms with Crippen molar-refractivity contribution in [1.82, 2.24) is 14.8 Å². The number of carbonyl (C=O) groups excluding carboxylic acids is 2. The van der Waals surface area contributed by atoms with Crippen molar-refractivity contribution in [3.63, 3.8) is 0 Å². The zero-order valence-corrected chi connectivity index (χ0v) is 17.3. The van der Waals surface area contributed by atoms with Crippen molar-refractivity contribution in [1.29, 1.82) is 0 Å². The highest BCUT2D eigenvalue weighted by atomic mass is 32.1. The lowest BCUT2D eigenvalue weighted by atomic mass is 10.1. The average molecular weight is 420 g/mol. The maximum Gasteiger partial charge on any atom is 0.339 e. The molecule has 0 aliphatic rings. The second kappa shape index (κ2) is 8.46. The molecule has 8 heteroatoms. The molecule has 4 aromatic rings. The maximum atomic E-state index is 12.9. The Morgan fingerprint density at radius 1 is 1.17 bits per heavy atom. The molecule has 0 saturated heterocycles. The predicted molar refractivity (Wildman–Crippen MR) is 117 cm³/mol. The highest BCUT2D eigenvalue weighted by molar-refractivity contribution is 7.13. The van der Waals surface area contributed by atoms with Gasteiger partial charge in [-0.3, -0.25) is 4.79 Å². The largest absolute Gasteiger partial charge is 0.452 e. The van der Waals surface area contributed by atoms with E-state index < -0.39 is 11.9 Å². The van der Waals surface area contributed by atoms with E-state index in [-0.39, 0.29) is 12.6 Å². The third-order valence-corrected chi connectivity index (χ3v) is 5.33. The second-order valence-electron chi connectivity index (χ2n) is 6.94. The monoisotopic (exact) mass is 420 g/mol. The van der Waals surface area contributed by atoms with Crippen molar-refractivity contribution >= 4 is 39.9 Å². The van der Waals surface area contributed by atoms with Gasteiger partial charge >= 0.3 is 5.97 Å². The van der Waals surface area contributed by atoms with Gasteiger partial charge in [0.15, 0.2) is 12.3 Å². The lowest BCUT2D eigenvalue weighted by molar-refractivity contribution is -0.119. The van der Waals surface area contributed by atoms with Crippen molar-refractivity contribution in [2.24, 2.45) is 0 Å². The molecular weight excluding hydrogens is 400 g/mol. The number of esters is 1. The lowest BCUT2D eigenvalue weighted by Gasteiger charge is -2.10. The Morgan fingerprint density at radius 3 is 2.67 bits per heavy atom. The molecule has 0 aliphatic heterocycles. The number of amides is 1. The molecule has 1 aromatic carbocycles. The number of hydrogen-bond donors (Lipinski definition) is 1. The number of para-hydroxylation sites is 1. The Kier molecular flexibility index (Phi) is 5.58. The van der Waals surface area contributed by atoms with Crippen LogP contribution in [0.3, 0.4) is 0 Å². The quantitative estimate of drug-likeness (QED) is 0.463. The highest BCUT2D eigenvalue weighted by Gasteiger charge is 2.20. The average Bonchev–Trinajstić information content (AvgIpc) is 3.42. The number of carbonyl (C=O) groups is 2. The smallest absolute Gasteiger partial charge is 0.339 e. The van der Waals surface area contributed by atoms with Crippen molar-refractivity contribution in [3.8, 4) is 10.6 Å². The Morgan fingerprint density at radius 2 is 1.97 bits per heavy atom. The van der Waals surface area contributed by atoms with E-state index in [1.165, 1.54) is 11.3 Å².